The second kappa shape index (κ2) is 4.70. The van der Waals surface area contributed by atoms with Crippen molar-refractivity contribution in [2.24, 2.45) is 0 Å². The van der Waals surface area contributed by atoms with Crippen molar-refractivity contribution in [3.05, 3.63) is 17.0 Å². The van der Waals surface area contributed by atoms with E-state index in [1.165, 1.54) is 5.75 Å². The lowest BCUT2D eigenvalue weighted by molar-refractivity contribution is 0.619. The summed E-state index contributed by atoms with van der Waals surface area (Å²) in [6.45, 7) is 5.60. The van der Waals surface area contributed by atoms with Gasteiger partial charge >= 0.3 is 0 Å². The average molecular weight is 288 g/mol. The molecule has 0 spiro atoms. The molecule has 15 heavy (non-hydrogen) atoms. The van der Waals surface area contributed by atoms with Crippen LogP contribution in [0.2, 0.25) is 0 Å². The fourth-order valence-corrected chi connectivity index (χ4v) is 3.13. The molecule has 1 aromatic rings. The zero-order chi connectivity index (χ0) is 10.8. The fourth-order valence-electron chi connectivity index (χ4n) is 1.74. The van der Waals surface area contributed by atoms with Crippen LogP contribution in [-0.4, -0.2) is 33.6 Å². The molecule has 2 atom stereocenters. The third kappa shape index (κ3) is 2.45. The van der Waals surface area contributed by atoms with Crippen LogP contribution >= 0.6 is 27.7 Å². The average Bonchev–Trinajstić information content (AvgIpc) is 2.22. The van der Waals surface area contributed by atoms with Gasteiger partial charge in [-0.1, -0.05) is 6.92 Å². The lowest BCUT2D eigenvalue weighted by atomic mass is 10.2. The summed E-state index contributed by atoms with van der Waals surface area (Å²) < 4.78 is 0.852. The van der Waals surface area contributed by atoms with Gasteiger partial charge < -0.3 is 4.90 Å². The van der Waals surface area contributed by atoms with E-state index in [1.807, 2.05) is 17.8 Å². The maximum Gasteiger partial charge on any atom is 0.133 e. The minimum absolute atomic E-state index is 0.533. The number of hydrogen-bond donors (Lipinski definition) is 0. The summed E-state index contributed by atoms with van der Waals surface area (Å²) in [5, 5.41) is 0.660. The number of rotatable bonds is 1. The summed E-state index contributed by atoms with van der Waals surface area (Å²) in [6, 6.07) is 2.52. The van der Waals surface area contributed by atoms with E-state index in [0.29, 0.717) is 11.3 Å². The van der Waals surface area contributed by atoms with E-state index in [1.54, 1.807) is 6.33 Å². The molecule has 2 unspecified atom stereocenters. The highest BCUT2D eigenvalue weighted by Gasteiger charge is 2.26. The largest absolute Gasteiger partial charge is 0.352 e. The Bertz CT molecular complexity index is 347. The number of halogens is 1. The van der Waals surface area contributed by atoms with Gasteiger partial charge in [-0.2, -0.15) is 11.8 Å². The molecule has 0 radical (unpaired) electrons. The summed E-state index contributed by atoms with van der Waals surface area (Å²) >= 11 is 5.41. The number of nitrogens with zero attached hydrogens (tertiary/aromatic N) is 3. The second-order valence-electron chi connectivity index (χ2n) is 3.71. The number of aromatic nitrogens is 2. The predicted octanol–water partition coefficient (Wildman–Crippen LogP) is 2.57. The van der Waals surface area contributed by atoms with Crippen LogP contribution in [0.1, 0.15) is 13.8 Å². The summed E-state index contributed by atoms with van der Waals surface area (Å²) in [5.74, 6) is 2.20. The number of anilines is 1. The molecule has 0 aromatic carbocycles. The summed E-state index contributed by atoms with van der Waals surface area (Å²) in [4.78, 5) is 10.7. The maximum atomic E-state index is 4.32. The molecule has 1 aliphatic heterocycles. The van der Waals surface area contributed by atoms with Crippen LogP contribution in [0, 0.1) is 0 Å². The molecule has 82 valence electrons. The Morgan fingerprint density at radius 2 is 2.27 bits per heavy atom. The van der Waals surface area contributed by atoms with Crippen LogP contribution in [0.15, 0.2) is 17.0 Å². The highest BCUT2D eigenvalue weighted by molar-refractivity contribution is 9.10. The second-order valence-corrected chi connectivity index (χ2v) is 6.01. The van der Waals surface area contributed by atoms with E-state index in [0.717, 1.165) is 17.0 Å². The van der Waals surface area contributed by atoms with Crippen LogP contribution in [0.25, 0.3) is 0 Å². The number of thioether (sulfide) groups is 1. The zero-order valence-corrected chi connectivity index (χ0v) is 11.3. The standard InChI is InChI=1S/C10H14BrN3S/c1-7-8(2)15-4-3-14(7)10-5-9(11)12-6-13-10/h5-8H,3-4H2,1-2H3. The molecule has 3 nitrogen and oxygen atoms in total. The Morgan fingerprint density at radius 1 is 1.47 bits per heavy atom. The first kappa shape index (κ1) is 11.2. The van der Waals surface area contributed by atoms with E-state index in [4.69, 9.17) is 0 Å². The van der Waals surface area contributed by atoms with Crippen molar-refractivity contribution < 1.29 is 0 Å². The lowest BCUT2D eigenvalue weighted by Crippen LogP contribution is -2.45. The molecule has 0 N–H and O–H groups in total. The summed E-state index contributed by atoms with van der Waals surface area (Å²) in [5.41, 5.74) is 0. The van der Waals surface area contributed by atoms with E-state index >= 15 is 0 Å². The van der Waals surface area contributed by atoms with Gasteiger partial charge in [0.05, 0.1) is 0 Å². The van der Waals surface area contributed by atoms with Gasteiger partial charge in [-0.3, -0.25) is 0 Å². The minimum Gasteiger partial charge on any atom is -0.352 e. The van der Waals surface area contributed by atoms with Gasteiger partial charge in [0.25, 0.3) is 0 Å². The topological polar surface area (TPSA) is 29.0 Å². The van der Waals surface area contributed by atoms with Crippen molar-refractivity contribution in [3.63, 3.8) is 0 Å². The van der Waals surface area contributed by atoms with Crippen molar-refractivity contribution in [2.75, 3.05) is 17.2 Å². The van der Waals surface area contributed by atoms with Crippen LogP contribution < -0.4 is 4.90 Å². The molecule has 2 rings (SSSR count). The molecule has 0 saturated carbocycles. The summed E-state index contributed by atoms with van der Waals surface area (Å²) in [7, 11) is 0. The normalized spacial score (nSPS) is 26.7. The van der Waals surface area contributed by atoms with Crippen molar-refractivity contribution >= 4 is 33.5 Å². The van der Waals surface area contributed by atoms with E-state index in [2.05, 4.69) is 44.6 Å². The summed E-state index contributed by atoms with van der Waals surface area (Å²) in [6.07, 6.45) is 1.61. The molecule has 0 aliphatic carbocycles. The van der Waals surface area contributed by atoms with Crippen molar-refractivity contribution in [1.82, 2.24) is 9.97 Å². The molecule has 0 amide bonds. The van der Waals surface area contributed by atoms with Crippen LogP contribution in [0.3, 0.4) is 0 Å². The SMILES string of the molecule is CC1SCCN(c2cc(Br)ncn2)C1C. The Balaban J connectivity index is 2.22. The molecular weight excluding hydrogens is 274 g/mol. The molecular formula is C10H14BrN3S. The Morgan fingerprint density at radius 3 is 3.00 bits per heavy atom. The molecule has 1 aliphatic rings. The highest BCUT2D eigenvalue weighted by atomic mass is 79.9. The zero-order valence-electron chi connectivity index (χ0n) is 8.85. The predicted molar refractivity (Wildman–Crippen MR) is 68.5 cm³/mol. The van der Waals surface area contributed by atoms with Crippen molar-refractivity contribution in [2.45, 2.75) is 25.1 Å². The third-order valence-electron chi connectivity index (χ3n) is 2.80. The fraction of sp³-hybridized carbons (Fsp3) is 0.600. The van der Waals surface area contributed by atoms with E-state index < -0.39 is 0 Å². The highest BCUT2D eigenvalue weighted by Crippen LogP contribution is 2.28. The van der Waals surface area contributed by atoms with Crippen LogP contribution in [0.5, 0.6) is 0 Å². The van der Waals surface area contributed by atoms with E-state index in [9.17, 15) is 0 Å². The smallest absolute Gasteiger partial charge is 0.133 e. The van der Waals surface area contributed by atoms with Crippen LogP contribution in [-0.2, 0) is 0 Å². The van der Waals surface area contributed by atoms with Gasteiger partial charge in [0.15, 0.2) is 0 Å². The van der Waals surface area contributed by atoms with Gasteiger partial charge in [-0.25, -0.2) is 9.97 Å². The molecule has 1 saturated heterocycles. The van der Waals surface area contributed by atoms with Gasteiger partial charge in [-0.15, -0.1) is 0 Å². The van der Waals surface area contributed by atoms with E-state index in [-0.39, 0.29) is 0 Å². The minimum atomic E-state index is 0.533. The molecule has 0 bridgehead atoms. The quantitative estimate of drug-likeness (QED) is 0.743. The molecule has 1 aromatic heterocycles. The van der Waals surface area contributed by atoms with Crippen LogP contribution in [0.4, 0.5) is 5.82 Å². The Kier molecular flexibility index (Phi) is 3.51. The number of hydrogen-bond acceptors (Lipinski definition) is 4. The first-order chi connectivity index (χ1) is 7.18. The third-order valence-corrected chi connectivity index (χ3v) is 4.57. The van der Waals surface area contributed by atoms with Gasteiger partial charge in [-0.05, 0) is 22.9 Å². The van der Waals surface area contributed by atoms with Crippen molar-refractivity contribution in [1.29, 1.82) is 0 Å². The Hall–Kier alpha value is -0.290. The molecule has 1 fully saturated rings. The lowest BCUT2D eigenvalue weighted by Gasteiger charge is -2.38. The van der Waals surface area contributed by atoms with Gasteiger partial charge in [0.1, 0.15) is 16.7 Å². The van der Waals surface area contributed by atoms with Gasteiger partial charge in [0.2, 0.25) is 0 Å². The Labute approximate surface area is 103 Å². The first-order valence-electron chi connectivity index (χ1n) is 5.04. The molecule has 5 heteroatoms. The molecule has 2 heterocycles. The van der Waals surface area contributed by atoms with Gasteiger partial charge in [0, 0.05) is 29.7 Å². The first-order valence-corrected chi connectivity index (χ1v) is 6.88. The van der Waals surface area contributed by atoms with Crippen molar-refractivity contribution in [3.8, 4) is 0 Å². The monoisotopic (exact) mass is 287 g/mol. The maximum absolute atomic E-state index is 4.32.